The second-order valence-electron chi connectivity index (χ2n) is 6.78. The van der Waals surface area contributed by atoms with Gasteiger partial charge in [0.05, 0.1) is 15.5 Å². The number of benzene rings is 3. The summed E-state index contributed by atoms with van der Waals surface area (Å²) in [5, 5.41) is 2.15. The summed E-state index contributed by atoms with van der Waals surface area (Å²) in [5.74, 6) is 0.348. The minimum atomic E-state index is -4.72. The Morgan fingerprint density at radius 3 is 2.21 bits per heavy atom. The highest BCUT2D eigenvalue weighted by atomic mass is 35.5. The third-order valence-corrected chi connectivity index (χ3v) is 7.05. The van der Waals surface area contributed by atoms with Crippen LogP contribution in [0.4, 0.5) is 24.5 Å². The van der Waals surface area contributed by atoms with E-state index < -0.39 is 26.8 Å². The van der Waals surface area contributed by atoms with Crippen molar-refractivity contribution < 1.29 is 26.4 Å². The van der Waals surface area contributed by atoms with Crippen molar-refractivity contribution in [1.29, 1.82) is 0 Å². The van der Waals surface area contributed by atoms with Crippen molar-refractivity contribution in [1.82, 2.24) is 0 Å². The van der Waals surface area contributed by atoms with Crippen molar-refractivity contribution in [3.63, 3.8) is 0 Å². The van der Waals surface area contributed by atoms with Crippen LogP contribution in [0.25, 0.3) is 0 Å². The average molecular weight is 515 g/mol. The Balaban J connectivity index is 1.60. The van der Waals surface area contributed by atoms with Crippen molar-refractivity contribution in [3.8, 4) is 0 Å². The molecular weight excluding hydrogens is 497 g/mol. The third-order valence-electron chi connectivity index (χ3n) is 4.31. The smallest absolute Gasteiger partial charge is 0.326 e. The van der Waals surface area contributed by atoms with E-state index in [1.165, 1.54) is 24.3 Å². The Morgan fingerprint density at radius 2 is 1.58 bits per heavy atom. The fourth-order valence-corrected chi connectivity index (χ4v) is 4.89. The quantitative estimate of drug-likeness (QED) is 0.347. The Hall–Kier alpha value is -2.69. The summed E-state index contributed by atoms with van der Waals surface area (Å²) in [7, 11) is -4.15. The van der Waals surface area contributed by atoms with E-state index >= 15 is 0 Å². The molecule has 0 spiro atoms. The van der Waals surface area contributed by atoms with Gasteiger partial charge in [-0.3, -0.25) is 9.52 Å². The fraction of sp³-hybridized carbons (Fsp3) is 0.136. The van der Waals surface area contributed by atoms with Gasteiger partial charge in [-0.2, -0.15) is 13.2 Å². The molecule has 0 radical (unpaired) electrons. The third kappa shape index (κ3) is 7.15. The van der Waals surface area contributed by atoms with Crippen LogP contribution in [-0.2, 0) is 21.0 Å². The van der Waals surface area contributed by atoms with Gasteiger partial charge in [0, 0.05) is 28.4 Å². The van der Waals surface area contributed by atoms with E-state index in [1.54, 1.807) is 11.8 Å². The summed E-state index contributed by atoms with van der Waals surface area (Å²) >= 11 is 7.10. The predicted molar refractivity (Wildman–Crippen MR) is 124 cm³/mol. The molecule has 3 aromatic carbocycles. The van der Waals surface area contributed by atoms with Crippen LogP contribution >= 0.6 is 23.4 Å². The Kier molecular flexibility index (Phi) is 7.93. The highest BCUT2D eigenvalue weighted by molar-refractivity contribution is 7.99. The minimum absolute atomic E-state index is 0.177. The van der Waals surface area contributed by atoms with E-state index in [4.69, 9.17) is 11.6 Å². The van der Waals surface area contributed by atoms with Crippen molar-refractivity contribution in [3.05, 3.63) is 83.4 Å². The predicted octanol–water partition coefficient (Wildman–Crippen LogP) is 6.28. The van der Waals surface area contributed by atoms with Crippen molar-refractivity contribution in [2.24, 2.45) is 0 Å². The van der Waals surface area contributed by atoms with Crippen LogP contribution in [0, 0.1) is 0 Å². The molecule has 0 aliphatic carbocycles. The molecule has 5 nitrogen and oxygen atoms in total. The zero-order valence-corrected chi connectivity index (χ0v) is 19.3. The number of carbonyl (C=O) groups excluding carboxylic acids is 1. The van der Waals surface area contributed by atoms with E-state index in [-0.39, 0.29) is 22.9 Å². The molecule has 0 fully saturated rings. The molecular formula is C22H18ClF3N2O3S2. The van der Waals surface area contributed by atoms with Crippen LogP contribution < -0.4 is 10.0 Å². The number of amides is 1. The molecule has 0 aliphatic rings. The Labute approximate surface area is 198 Å². The molecule has 0 bridgehead atoms. The molecule has 2 N–H and O–H groups in total. The molecule has 3 rings (SSSR count). The second-order valence-corrected chi connectivity index (χ2v) is 10.0. The van der Waals surface area contributed by atoms with Crippen LogP contribution in [-0.4, -0.2) is 20.1 Å². The number of sulfonamides is 1. The van der Waals surface area contributed by atoms with Gasteiger partial charge in [-0.25, -0.2) is 8.42 Å². The first-order valence-electron chi connectivity index (χ1n) is 9.52. The van der Waals surface area contributed by atoms with Crippen LogP contribution in [0.15, 0.2) is 82.6 Å². The molecule has 11 heteroatoms. The molecule has 174 valence electrons. The lowest BCUT2D eigenvalue weighted by Crippen LogP contribution is -2.15. The van der Waals surface area contributed by atoms with Gasteiger partial charge in [-0.15, -0.1) is 11.8 Å². The zero-order chi connectivity index (χ0) is 24.1. The average Bonchev–Trinajstić information content (AvgIpc) is 2.75. The summed E-state index contributed by atoms with van der Waals surface area (Å²) in [5.41, 5.74) is -1.03. The van der Waals surface area contributed by atoms with Gasteiger partial charge < -0.3 is 5.32 Å². The first-order chi connectivity index (χ1) is 15.5. The summed E-state index contributed by atoms with van der Waals surface area (Å²) in [6.07, 6.45) is -4.46. The van der Waals surface area contributed by atoms with Crippen molar-refractivity contribution >= 4 is 50.7 Å². The first kappa shape index (κ1) is 24.9. The second kappa shape index (κ2) is 10.5. The molecule has 0 saturated heterocycles. The zero-order valence-electron chi connectivity index (χ0n) is 16.9. The molecule has 0 unspecified atom stereocenters. The monoisotopic (exact) mass is 514 g/mol. The minimum Gasteiger partial charge on any atom is -0.326 e. The molecule has 3 aromatic rings. The maximum atomic E-state index is 13.0. The van der Waals surface area contributed by atoms with Crippen LogP contribution in [0.3, 0.4) is 0 Å². The standard InChI is InChI=1S/C22H18ClF3N2O3S2/c23-20-11-8-16(14-19(20)22(24,25)26)28-33(30,31)18-9-6-15(7-10-18)27-21(29)12-13-32-17-4-2-1-3-5-17/h1-11,14,28H,12-13H2,(H,27,29). The normalized spacial score (nSPS) is 11.8. The molecule has 0 saturated carbocycles. The number of halogens is 4. The summed E-state index contributed by atoms with van der Waals surface area (Å²) in [6.45, 7) is 0. The number of anilines is 2. The molecule has 1 amide bonds. The fourth-order valence-electron chi connectivity index (χ4n) is 2.74. The maximum Gasteiger partial charge on any atom is 0.417 e. The van der Waals surface area contributed by atoms with Crippen LogP contribution in [0.2, 0.25) is 5.02 Å². The number of hydrogen-bond donors (Lipinski definition) is 2. The Bertz CT molecular complexity index is 1220. The SMILES string of the molecule is O=C(CCSc1ccccc1)Nc1ccc(S(=O)(=O)Nc2ccc(Cl)c(C(F)(F)F)c2)cc1. The van der Waals surface area contributed by atoms with Gasteiger partial charge in [-0.05, 0) is 54.6 Å². The van der Waals surface area contributed by atoms with Gasteiger partial charge in [0.1, 0.15) is 0 Å². The van der Waals surface area contributed by atoms with E-state index in [0.717, 1.165) is 17.0 Å². The Morgan fingerprint density at radius 1 is 0.939 bits per heavy atom. The number of rotatable bonds is 8. The van der Waals surface area contributed by atoms with Gasteiger partial charge in [-0.1, -0.05) is 29.8 Å². The van der Waals surface area contributed by atoms with Gasteiger partial charge >= 0.3 is 6.18 Å². The van der Waals surface area contributed by atoms with Crippen LogP contribution in [0.5, 0.6) is 0 Å². The highest BCUT2D eigenvalue weighted by Crippen LogP contribution is 2.36. The van der Waals surface area contributed by atoms with Gasteiger partial charge in [0.2, 0.25) is 5.91 Å². The number of alkyl halides is 3. The molecule has 0 aromatic heterocycles. The number of thioether (sulfide) groups is 1. The van der Waals surface area contributed by atoms with Crippen molar-refractivity contribution in [2.45, 2.75) is 22.4 Å². The van der Waals surface area contributed by atoms with E-state index in [0.29, 0.717) is 17.5 Å². The number of carbonyl (C=O) groups is 1. The maximum absolute atomic E-state index is 13.0. The summed E-state index contributed by atoms with van der Waals surface area (Å²) < 4.78 is 66.2. The number of hydrogen-bond acceptors (Lipinski definition) is 4. The summed E-state index contributed by atoms with van der Waals surface area (Å²) in [4.78, 5) is 13.0. The van der Waals surface area contributed by atoms with E-state index in [2.05, 4.69) is 10.0 Å². The molecule has 0 atom stereocenters. The number of nitrogens with one attached hydrogen (secondary N) is 2. The topological polar surface area (TPSA) is 75.3 Å². The van der Waals surface area contributed by atoms with Crippen LogP contribution in [0.1, 0.15) is 12.0 Å². The molecule has 0 aliphatic heterocycles. The first-order valence-corrected chi connectivity index (χ1v) is 12.4. The molecule has 33 heavy (non-hydrogen) atoms. The largest absolute Gasteiger partial charge is 0.417 e. The summed E-state index contributed by atoms with van der Waals surface area (Å²) in [6, 6.07) is 17.7. The van der Waals surface area contributed by atoms with Gasteiger partial charge in [0.25, 0.3) is 10.0 Å². The highest BCUT2D eigenvalue weighted by Gasteiger charge is 2.33. The molecule has 0 heterocycles. The van der Waals surface area contributed by atoms with E-state index in [1.807, 2.05) is 30.3 Å². The lowest BCUT2D eigenvalue weighted by atomic mass is 10.2. The van der Waals surface area contributed by atoms with Crippen molar-refractivity contribution in [2.75, 3.05) is 15.8 Å². The van der Waals surface area contributed by atoms with Gasteiger partial charge in [0.15, 0.2) is 0 Å². The lowest BCUT2D eigenvalue weighted by molar-refractivity contribution is -0.137. The van der Waals surface area contributed by atoms with E-state index in [9.17, 15) is 26.4 Å². The lowest BCUT2D eigenvalue weighted by Gasteiger charge is -2.13.